The molecule has 6 heteroatoms. The van der Waals surface area contributed by atoms with Crippen molar-refractivity contribution in [2.45, 2.75) is 25.9 Å². The Balaban J connectivity index is 1.39. The number of hydrogen-bond acceptors (Lipinski definition) is 3. The van der Waals surface area contributed by atoms with Gasteiger partial charge in [-0.05, 0) is 73.9 Å². The Labute approximate surface area is 179 Å². The van der Waals surface area contributed by atoms with Gasteiger partial charge in [-0.25, -0.2) is 0 Å². The number of benzene rings is 2. The van der Waals surface area contributed by atoms with Gasteiger partial charge in [0.25, 0.3) is 0 Å². The number of aryl methyl sites for hydroxylation is 1. The SMILES string of the molecule is Cc1ccc(N2CCC(=Cc3cccc(Oc4ccc(C(F)(F)F)cc4)c3)CC2)cn1. The first-order valence-corrected chi connectivity index (χ1v) is 10.2. The summed E-state index contributed by atoms with van der Waals surface area (Å²) >= 11 is 0. The van der Waals surface area contributed by atoms with Crippen molar-refractivity contribution < 1.29 is 17.9 Å². The van der Waals surface area contributed by atoms with Gasteiger partial charge in [0.15, 0.2) is 0 Å². The Morgan fingerprint density at radius 3 is 2.32 bits per heavy atom. The largest absolute Gasteiger partial charge is 0.457 e. The zero-order chi connectivity index (χ0) is 21.8. The third-order valence-electron chi connectivity index (χ3n) is 5.31. The highest BCUT2D eigenvalue weighted by molar-refractivity contribution is 5.57. The Bertz CT molecular complexity index is 1050. The minimum atomic E-state index is -4.35. The summed E-state index contributed by atoms with van der Waals surface area (Å²) in [5.41, 5.74) is 3.86. The van der Waals surface area contributed by atoms with E-state index in [1.165, 1.54) is 17.7 Å². The smallest absolute Gasteiger partial charge is 0.416 e. The van der Waals surface area contributed by atoms with E-state index in [9.17, 15) is 13.2 Å². The lowest BCUT2D eigenvalue weighted by Crippen LogP contribution is -2.30. The summed E-state index contributed by atoms with van der Waals surface area (Å²) in [5, 5.41) is 0. The van der Waals surface area contributed by atoms with Crippen LogP contribution in [0.15, 0.2) is 72.4 Å². The summed E-state index contributed by atoms with van der Waals surface area (Å²) in [6.07, 6.45) is 1.68. The van der Waals surface area contributed by atoms with Gasteiger partial charge >= 0.3 is 6.18 Å². The van der Waals surface area contributed by atoms with Crippen LogP contribution in [0, 0.1) is 6.92 Å². The first-order chi connectivity index (χ1) is 14.9. The summed E-state index contributed by atoms with van der Waals surface area (Å²) in [4.78, 5) is 6.72. The molecule has 0 bridgehead atoms. The topological polar surface area (TPSA) is 25.4 Å². The Hall–Kier alpha value is -3.28. The minimum absolute atomic E-state index is 0.373. The second-order valence-electron chi connectivity index (χ2n) is 7.64. The maximum Gasteiger partial charge on any atom is 0.416 e. The summed E-state index contributed by atoms with van der Waals surface area (Å²) in [6, 6.07) is 16.5. The van der Waals surface area contributed by atoms with Gasteiger partial charge in [-0.1, -0.05) is 23.8 Å². The Morgan fingerprint density at radius 1 is 0.935 bits per heavy atom. The molecule has 160 valence electrons. The van der Waals surface area contributed by atoms with Crippen molar-refractivity contribution in [3.63, 3.8) is 0 Å². The quantitative estimate of drug-likeness (QED) is 0.456. The van der Waals surface area contributed by atoms with Crippen molar-refractivity contribution in [2.24, 2.45) is 0 Å². The molecule has 1 saturated heterocycles. The first-order valence-electron chi connectivity index (χ1n) is 10.2. The predicted octanol–water partition coefficient (Wildman–Crippen LogP) is 6.88. The number of pyridine rings is 1. The van der Waals surface area contributed by atoms with Crippen molar-refractivity contribution in [1.82, 2.24) is 4.98 Å². The maximum atomic E-state index is 12.7. The van der Waals surface area contributed by atoms with E-state index in [-0.39, 0.29) is 0 Å². The highest BCUT2D eigenvalue weighted by Crippen LogP contribution is 2.32. The van der Waals surface area contributed by atoms with Gasteiger partial charge in [0.2, 0.25) is 0 Å². The Morgan fingerprint density at radius 2 is 1.68 bits per heavy atom. The van der Waals surface area contributed by atoms with Gasteiger partial charge in [-0.2, -0.15) is 13.2 Å². The molecule has 0 saturated carbocycles. The molecule has 0 amide bonds. The molecule has 0 spiro atoms. The molecule has 0 radical (unpaired) electrons. The van der Waals surface area contributed by atoms with Gasteiger partial charge in [0.05, 0.1) is 17.4 Å². The molecule has 3 nitrogen and oxygen atoms in total. The zero-order valence-corrected chi connectivity index (χ0v) is 17.2. The van der Waals surface area contributed by atoms with Crippen LogP contribution in [-0.4, -0.2) is 18.1 Å². The van der Waals surface area contributed by atoms with Crippen LogP contribution >= 0.6 is 0 Å². The molecule has 0 N–H and O–H groups in total. The van der Waals surface area contributed by atoms with E-state index in [0.717, 1.165) is 55.0 Å². The first kappa shape index (κ1) is 21.0. The number of aromatic nitrogens is 1. The third kappa shape index (κ3) is 5.45. The fourth-order valence-corrected chi connectivity index (χ4v) is 3.60. The molecule has 1 aromatic heterocycles. The highest BCUT2D eigenvalue weighted by atomic mass is 19.4. The molecule has 1 aliphatic rings. The van der Waals surface area contributed by atoms with Crippen molar-refractivity contribution in [3.8, 4) is 11.5 Å². The highest BCUT2D eigenvalue weighted by Gasteiger charge is 2.30. The van der Waals surface area contributed by atoms with Gasteiger partial charge in [0, 0.05) is 18.8 Å². The second-order valence-corrected chi connectivity index (χ2v) is 7.64. The molecule has 1 fully saturated rings. The number of nitrogens with zero attached hydrogens (tertiary/aromatic N) is 2. The van der Waals surface area contributed by atoms with Crippen LogP contribution in [0.5, 0.6) is 11.5 Å². The lowest BCUT2D eigenvalue weighted by molar-refractivity contribution is -0.137. The summed E-state index contributed by atoms with van der Waals surface area (Å²) < 4.78 is 43.9. The standard InChI is InChI=1S/C25H23F3N2O/c1-18-5-8-22(17-29-18)30-13-11-19(12-14-30)15-20-3-2-4-24(16-20)31-23-9-6-21(7-10-23)25(26,27)28/h2-10,15-17H,11-14H2,1H3. The molecule has 0 atom stereocenters. The Kier molecular flexibility index (Phi) is 5.98. The summed E-state index contributed by atoms with van der Waals surface area (Å²) in [7, 11) is 0. The molecular formula is C25H23F3N2O. The fraction of sp³-hybridized carbons (Fsp3) is 0.240. The third-order valence-corrected chi connectivity index (χ3v) is 5.31. The number of ether oxygens (including phenoxy) is 1. The number of alkyl halides is 3. The molecule has 0 aliphatic carbocycles. The van der Waals surface area contributed by atoms with E-state index >= 15 is 0 Å². The molecule has 4 rings (SSSR count). The van der Waals surface area contributed by atoms with Crippen LogP contribution < -0.4 is 9.64 Å². The van der Waals surface area contributed by atoms with E-state index in [0.29, 0.717) is 11.5 Å². The van der Waals surface area contributed by atoms with Crippen molar-refractivity contribution in [2.75, 3.05) is 18.0 Å². The lowest BCUT2D eigenvalue weighted by Gasteiger charge is -2.30. The zero-order valence-electron chi connectivity index (χ0n) is 17.2. The van der Waals surface area contributed by atoms with Gasteiger partial charge in [-0.15, -0.1) is 0 Å². The number of rotatable bonds is 4. The molecule has 2 heterocycles. The van der Waals surface area contributed by atoms with Crippen LogP contribution in [0.2, 0.25) is 0 Å². The molecular weight excluding hydrogens is 401 g/mol. The summed E-state index contributed by atoms with van der Waals surface area (Å²) in [5.74, 6) is 0.968. The molecule has 31 heavy (non-hydrogen) atoms. The normalized spacial score (nSPS) is 14.5. The van der Waals surface area contributed by atoms with E-state index in [2.05, 4.69) is 22.0 Å². The van der Waals surface area contributed by atoms with Gasteiger partial charge in [-0.3, -0.25) is 4.98 Å². The van der Waals surface area contributed by atoms with Crippen LogP contribution in [0.25, 0.3) is 6.08 Å². The van der Waals surface area contributed by atoms with Crippen LogP contribution in [-0.2, 0) is 6.18 Å². The second kappa shape index (κ2) is 8.84. The number of anilines is 1. The van der Waals surface area contributed by atoms with Crippen LogP contribution in [0.3, 0.4) is 0 Å². The maximum absolute atomic E-state index is 12.7. The van der Waals surface area contributed by atoms with E-state index < -0.39 is 11.7 Å². The van der Waals surface area contributed by atoms with E-state index in [1.54, 1.807) is 6.07 Å². The number of halogens is 3. The van der Waals surface area contributed by atoms with Gasteiger partial charge < -0.3 is 9.64 Å². The molecule has 0 unspecified atom stereocenters. The van der Waals surface area contributed by atoms with Crippen molar-refractivity contribution in [3.05, 3.63) is 89.3 Å². The number of hydrogen-bond donors (Lipinski definition) is 0. The minimum Gasteiger partial charge on any atom is -0.457 e. The summed E-state index contributed by atoms with van der Waals surface area (Å²) in [6.45, 7) is 3.87. The molecule has 2 aromatic carbocycles. The van der Waals surface area contributed by atoms with Crippen molar-refractivity contribution >= 4 is 11.8 Å². The van der Waals surface area contributed by atoms with Crippen LogP contribution in [0.1, 0.15) is 29.7 Å². The predicted molar refractivity (Wildman–Crippen MR) is 116 cm³/mol. The fourth-order valence-electron chi connectivity index (χ4n) is 3.60. The average Bonchev–Trinajstić information content (AvgIpc) is 2.75. The van der Waals surface area contributed by atoms with Gasteiger partial charge in [0.1, 0.15) is 11.5 Å². The lowest BCUT2D eigenvalue weighted by atomic mass is 10.0. The monoisotopic (exact) mass is 424 g/mol. The number of piperidine rings is 1. The van der Waals surface area contributed by atoms with Crippen LogP contribution in [0.4, 0.5) is 18.9 Å². The molecule has 1 aliphatic heterocycles. The molecule has 3 aromatic rings. The van der Waals surface area contributed by atoms with Crippen molar-refractivity contribution in [1.29, 1.82) is 0 Å². The van der Waals surface area contributed by atoms with E-state index in [1.807, 2.05) is 37.4 Å². The van der Waals surface area contributed by atoms with E-state index in [4.69, 9.17) is 4.74 Å². The average molecular weight is 424 g/mol.